The van der Waals surface area contributed by atoms with Crippen LogP contribution >= 0.6 is 0 Å². The highest BCUT2D eigenvalue weighted by atomic mass is 16.6. The molecule has 2 heterocycles. The molecule has 4 heteroatoms. The van der Waals surface area contributed by atoms with Gasteiger partial charge in [-0.2, -0.15) is 0 Å². The van der Waals surface area contributed by atoms with Crippen LogP contribution in [0.3, 0.4) is 0 Å². The summed E-state index contributed by atoms with van der Waals surface area (Å²) in [5, 5.41) is 0. The highest BCUT2D eigenvalue weighted by Crippen LogP contribution is 2.38. The van der Waals surface area contributed by atoms with E-state index < -0.39 is 0 Å². The van der Waals surface area contributed by atoms with E-state index in [-0.39, 0.29) is 24.0 Å². The maximum absolute atomic E-state index is 11.4. The molecular weight excluding hydrogens is 194 g/mol. The Balaban J connectivity index is 2.19. The van der Waals surface area contributed by atoms with E-state index in [4.69, 9.17) is 4.74 Å². The lowest BCUT2D eigenvalue weighted by atomic mass is 9.84. The zero-order valence-corrected chi connectivity index (χ0v) is 8.81. The number of aldehydes is 1. The molecule has 0 bridgehead atoms. The Morgan fingerprint density at radius 3 is 3.07 bits per heavy atom. The average Bonchev–Trinajstić information content (AvgIpc) is 2.69. The molecule has 3 atom stereocenters. The van der Waals surface area contributed by atoms with Crippen LogP contribution in [0.1, 0.15) is 13.3 Å². The van der Waals surface area contributed by atoms with Gasteiger partial charge in [-0.3, -0.25) is 0 Å². The number of hydrogen-bond donors (Lipinski definition) is 0. The fourth-order valence-electron chi connectivity index (χ4n) is 2.60. The third kappa shape index (κ3) is 1.54. The fourth-order valence-corrected chi connectivity index (χ4v) is 2.60. The molecule has 0 saturated carbocycles. The molecule has 1 amide bonds. The minimum absolute atomic E-state index is 0.0735. The quantitative estimate of drug-likeness (QED) is 0.518. The summed E-state index contributed by atoms with van der Waals surface area (Å²) in [5.74, 6) is 0.430. The van der Waals surface area contributed by atoms with Crippen LogP contribution in [0, 0.1) is 11.8 Å². The number of carbonyl (C=O) groups excluding carboxylic acids is 2. The van der Waals surface area contributed by atoms with Gasteiger partial charge in [0, 0.05) is 18.9 Å². The number of amides is 1. The van der Waals surface area contributed by atoms with Crippen molar-refractivity contribution < 1.29 is 14.3 Å². The first-order valence-electron chi connectivity index (χ1n) is 5.17. The van der Waals surface area contributed by atoms with Crippen LogP contribution < -0.4 is 0 Å². The minimum Gasteiger partial charge on any atom is -0.447 e. The van der Waals surface area contributed by atoms with Gasteiger partial charge < -0.3 is 14.4 Å². The molecule has 0 aromatic heterocycles. The molecule has 15 heavy (non-hydrogen) atoms. The van der Waals surface area contributed by atoms with Crippen molar-refractivity contribution in [1.82, 2.24) is 4.90 Å². The summed E-state index contributed by atoms with van der Waals surface area (Å²) < 4.78 is 4.97. The van der Waals surface area contributed by atoms with Gasteiger partial charge in [0.25, 0.3) is 0 Å². The Hall–Kier alpha value is -1.32. The molecule has 0 N–H and O–H groups in total. The van der Waals surface area contributed by atoms with E-state index in [0.717, 1.165) is 11.9 Å². The maximum atomic E-state index is 11.4. The zero-order valence-electron chi connectivity index (χ0n) is 8.81. The molecule has 2 aliphatic rings. The van der Waals surface area contributed by atoms with Crippen molar-refractivity contribution in [3.63, 3.8) is 0 Å². The average molecular weight is 209 g/mol. The molecule has 82 valence electrons. The molecule has 0 aromatic carbocycles. The summed E-state index contributed by atoms with van der Waals surface area (Å²) >= 11 is 0. The number of carbonyl (C=O) groups is 2. The van der Waals surface area contributed by atoms with Crippen molar-refractivity contribution in [1.29, 1.82) is 0 Å². The van der Waals surface area contributed by atoms with Crippen LogP contribution in [0.4, 0.5) is 4.79 Å². The fraction of sp³-hybridized carbons (Fsp3) is 0.636. The van der Waals surface area contributed by atoms with Gasteiger partial charge in [0.05, 0.1) is 6.04 Å². The van der Waals surface area contributed by atoms with E-state index in [2.05, 4.69) is 6.58 Å². The van der Waals surface area contributed by atoms with Crippen molar-refractivity contribution in [2.45, 2.75) is 19.4 Å². The number of hydrogen-bond acceptors (Lipinski definition) is 3. The Morgan fingerprint density at radius 1 is 1.73 bits per heavy atom. The first kappa shape index (κ1) is 10.2. The number of fused-ring (bicyclic) bond motifs is 1. The Morgan fingerprint density at radius 2 is 2.47 bits per heavy atom. The minimum atomic E-state index is -0.250. The number of cyclic esters (lactones) is 1. The summed E-state index contributed by atoms with van der Waals surface area (Å²) in [6, 6.07) is 0.0735. The van der Waals surface area contributed by atoms with Gasteiger partial charge in [-0.05, 0) is 12.8 Å². The van der Waals surface area contributed by atoms with Gasteiger partial charge in [0.2, 0.25) is 0 Å². The Labute approximate surface area is 88.9 Å². The molecule has 0 spiro atoms. The smallest absolute Gasteiger partial charge is 0.410 e. The van der Waals surface area contributed by atoms with Gasteiger partial charge in [-0.25, -0.2) is 4.79 Å². The van der Waals surface area contributed by atoms with Crippen molar-refractivity contribution in [3.05, 3.63) is 12.2 Å². The highest BCUT2D eigenvalue weighted by Gasteiger charge is 2.48. The molecule has 0 aliphatic carbocycles. The van der Waals surface area contributed by atoms with Crippen molar-refractivity contribution in [2.24, 2.45) is 11.8 Å². The van der Waals surface area contributed by atoms with Crippen LogP contribution in [0.15, 0.2) is 12.2 Å². The number of ether oxygens (including phenoxy) is 1. The van der Waals surface area contributed by atoms with E-state index in [1.54, 1.807) is 4.90 Å². The highest BCUT2D eigenvalue weighted by molar-refractivity contribution is 5.71. The summed E-state index contributed by atoms with van der Waals surface area (Å²) in [6.07, 6.45) is 1.15. The van der Waals surface area contributed by atoms with Crippen LogP contribution in [0.2, 0.25) is 0 Å². The first-order valence-corrected chi connectivity index (χ1v) is 5.17. The van der Waals surface area contributed by atoms with Crippen molar-refractivity contribution in [2.75, 3.05) is 13.2 Å². The van der Waals surface area contributed by atoms with Crippen molar-refractivity contribution in [3.8, 4) is 0 Å². The molecule has 0 aromatic rings. The van der Waals surface area contributed by atoms with Crippen LogP contribution in [-0.4, -0.2) is 36.5 Å². The van der Waals surface area contributed by atoms with Gasteiger partial charge >= 0.3 is 6.09 Å². The van der Waals surface area contributed by atoms with E-state index in [9.17, 15) is 9.59 Å². The van der Waals surface area contributed by atoms with E-state index in [1.807, 2.05) is 6.92 Å². The van der Waals surface area contributed by atoms with Crippen LogP contribution in [0.5, 0.6) is 0 Å². The van der Waals surface area contributed by atoms with Gasteiger partial charge in [0.15, 0.2) is 0 Å². The normalized spacial score (nSPS) is 33.8. The molecule has 0 unspecified atom stereocenters. The predicted molar refractivity (Wildman–Crippen MR) is 54.3 cm³/mol. The van der Waals surface area contributed by atoms with Crippen LogP contribution in [0.25, 0.3) is 0 Å². The topological polar surface area (TPSA) is 46.6 Å². The summed E-state index contributed by atoms with van der Waals surface area (Å²) in [4.78, 5) is 23.7. The summed E-state index contributed by atoms with van der Waals surface area (Å²) in [6.45, 7) is 6.95. The Kier molecular flexibility index (Phi) is 2.50. The van der Waals surface area contributed by atoms with E-state index >= 15 is 0 Å². The molecule has 2 rings (SSSR count). The van der Waals surface area contributed by atoms with Gasteiger partial charge in [0.1, 0.15) is 12.9 Å². The van der Waals surface area contributed by atoms with Gasteiger partial charge in [-0.15, -0.1) is 0 Å². The number of rotatable bonds is 3. The van der Waals surface area contributed by atoms with E-state index in [0.29, 0.717) is 19.6 Å². The lowest BCUT2D eigenvalue weighted by molar-refractivity contribution is -0.108. The second-order valence-corrected chi connectivity index (χ2v) is 4.32. The molecule has 2 fully saturated rings. The molecule has 0 radical (unpaired) electrons. The SMILES string of the molecule is C=C(C)[C@@H]1CN2C(=O)OC[C@@H]2[C@@H]1CC=O. The largest absolute Gasteiger partial charge is 0.447 e. The third-order valence-electron chi connectivity index (χ3n) is 3.42. The lowest BCUT2D eigenvalue weighted by Gasteiger charge is -2.19. The third-order valence-corrected chi connectivity index (χ3v) is 3.42. The Bertz CT molecular complexity index is 313. The zero-order chi connectivity index (χ0) is 11.0. The first-order chi connectivity index (χ1) is 7.15. The number of nitrogens with zero attached hydrogens (tertiary/aromatic N) is 1. The van der Waals surface area contributed by atoms with Crippen molar-refractivity contribution >= 4 is 12.4 Å². The molecule has 4 nitrogen and oxygen atoms in total. The van der Waals surface area contributed by atoms with Gasteiger partial charge in [-0.1, -0.05) is 12.2 Å². The second kappa shape index (κ2) is 3.68. The molecule has 2 aliphatic heterocycles. The van der Waals surface area contributed by atoms with E-state index in [1.165, 1.54) is 0 Å². The molecular formula is C11H15NO3. The lowest BCUT2D eigenvalue weighted by Crippen LogP contribution is -2.30. The maximum Gasteiger partial charge on any atom is 0.410 e. The predicted octanol–water partition coefficient (Wildman–Crippen LogP) is 1.22. The molecule has 2 saturated heterocycles. The summed E-state index contributed by atoms with van der Waals surface area (Å²) in [7, 11) is 0. The monoisotopic (exact) mass is 209 g/mol. The van der Waals surface area contributed by atoms with Crippen LogP contribution in [-0.2, 0) is 9.53 Å². The summed E-state index contributed by atoms with van der Waals surface area (Å²) in [5.41, 5.74) is 1.05. The second-order valence-electron chi connectivity index (χ2n) is 4.32. The standard InChI is InChI=1S/C11H15NO3/c1-7(2)9-5-12-10(6-15-11(12)14)8(9)3-4-13/h4,8-10H,1,3,5-6H2,2H3/t8-,9+,10-/m1/s1.